The van der Waals surface area contributed by atoms with Gasteiger partial charge in [-0.2, -0.15) is 30.7 Å². The topological polar surface area (TPSA) is 29.1 Å². The van der Waals surface area contributed by atoms with E-state index in [-0.39, 0.29) is 37.0 Å². The van der Waals surface area contributed by atoms with Gasteiger partial charge in [-0.3, -0.25) is 0 Å². The molecule has 0 aliphatic heterocycles. The van der Waals surface area contributed by atoms with Crippen molar-refractivity contribution in [1.82, 2.24) is 0 Å². The normalized spacial score (nSPS) is 8.46. The Morgan fingerprint density at radius 1 is 1.54 bits per heavy atom. The van der Waals surface area contributed by atoms with E-state index in [4.69, 9.17) is 0 Å². The van der Waals surface area contributed by atoms with Crippen LogP contribution in [-0.2, 0) is 4.79 Å². The quantitative estimate of drug-likeness (QED) is 0.758. The third kappa shape index (κ3) is 4.40. The van der Waals surface area contributed by atoms with Gasteiger partial charge < -0.3 is 16.5 Å². The Bertz CT molecular complexity index is 269. The summed E-state index contributed by atoms with van der Waals surface area (Å²) in [4.78, 5) is 10.9. The van der Waals surface area contributed by atoms with Gasteiger partial charge in [0.25, 0.3) is 0 Å². The fraction of sp³-hybridized carbons (Fsp3) is 0.200. The second kappa shape index (κ2) is 6.12. The minimum atomic E-state index is -0.102. The molecule has 0 saturated heterocycles. The first-order valence-corrected chi connectivity index (χ1v) is 3.81. The number of benzene rings is 1. The smallest absolute Gasteiger partial charge is 0.374 e. The molecule has 0 aromatic heterocycles. The van der Waals surface area contributed by atoms with Crippen LogP contribution in [-0.4, -0.2) is 5.91 Å². The number of carbonyl (C=O) groups is 1. The van der Waals surface area contributed by atoms with Gasteiger partial charge in [-0.15, -0.1) is 6.07 Å². The van der Waals surface area contributed by atoms with Crippen molar-refractivity contribution in [3.05, 3.63) is 36.2 Å². The molecule has 0 spiro atoms. The third-order valence-electron chi connectivity index (χ3n) is 1.49. The van der Waals surface area contributed by atoms with Crippen LogP contribution in [0.1, 0.15) is 12.5 Å². The first-order valence-electron chi connectivity index (χ1n) is 3.81. The van der Waals surface area contributed by atoms with E-state index < -0.39 is 0 Å². The van der Waals surface area contributed by atoms with Crippen LogP contribution in [0.5, 0.6) is 0 Å². The summed E-state index contributed by atoms with van der Waals surface area (Å²) < 4.78 is 0. The number of amides is 1. The van der Waals surface area contributed by atoms with Gasteiger partial charge in [-0.05, 0) is 0 Å². The van der Waals surface area contributed by atoms with Crippen molar-refractivity contribution in [1.29, 1.82) is 0 Å². The fourth-order valence-electron chi connectivity index (χ4n) is 0.785. The van der Waals surface area contributed by atoms with E-state index in [1.165, 1.54) is 6.42 Å². The van der Waals surface area contributed by atoms with E-state index in [2.05, 4.69) is 11.4 Å². The van der Waals surface area contributed by atoms with E-state index in [0.717, 1.165) is 5.56 Å². The number of nitrogens with one attached hydrogen (secondary N) is 1. The maximum absolute atomic E-state index is 10.9. The molecule has 3 heteroatoms. The van der Waals surface area contributed by atoms with Crippen LogP contribution in [0.15, 0.2) is 18.2 Å². The van der Waals surface area contributed by atoms with E-state index >= 15 is 0 Å². The zero-order chi connectivity index (χ0) is 8.97. The van der Waals surface area contributed by atoms with Gasteiger partial charge in [-0.1, -0.05) is 12.6 Å². The molecule has 1 aromatic rings. The number of hydrogen-bond acceptors (Lipinski definition) is 1. The van der Waals surface area contributed by atoms with Crippen LogP contribution in [0.25, 0.3) is 0 Å². The molecule has 0 aliphatic rings. The van der Waals surface area contributed by atoms with Crippen molar-refractivity contribution in [3.8, 4) is 0 Å². The van der Waals surface area contributed by atoms with Gasteiger partial charge >= 0.3 is 31.1 Å². The van der Waals surface area contributed by atoms with Crippen LogP contribution >= 0.6 is 0 Å². The molecule has 0 fully saturated rings. The number of hydrogen-bond donors (Lipinski definition) is 1. The molecule has 1 N–H and O–H groups in total. The van der Waals surface area contributed by atoms with Crippen molar-refractivity contribution < 1.29 is 35.9 Å². The fourth-order valence-corrected chi connectivity index (χ4v) is 0.785. The van der Waals surface area contributed by atoms with Crippen molar-refractivity contribution in [2.45, 2.75) is 13.8 Å². The second-order valence-corrected chi connectivity index (χ2v) is 2.56. The zero-order valence-electron chi connectivity index (χ0n) is 7.72. The minimum absolute atomic E-state index is 0. The number of carbonyl (C=O) groups excluding carboxylic acids is 1. The van der Waals surface area contributed by atoms with Crippen LogP contribution in [0.4, 0.5) is 5.69 Å². The molecule has 0 radical (unpaired) electrons. The summed E-state index contributed by atoms with van der Waals surface area (Å²) in [5, 5.41) is 2.67. The monoisotopic (exact) mass is 399 g/mol. The largest absolute Gasteiger partial charge is 2.00 e. The maximum atomic E-state index is 10.9. The van der Waals surface area contributed by atoms with Crippen LogP contribution in [0.3, 0.4) is 0 Å². The molecular weight excluding hydrogens is 388 g/mol. The molecule has 0 heterocycles. The van der Waals surface area contributed by atoms with E-state index in [9.17, 15) is 4.79 Å². The van der Waals surface area contributed by atoms with Crippen molar-refractivity contribution in [2.24, 2.45) is 0 Å². The first kappa shape index (κ1) is 12.6. The Morgan fingerprint density at radius 2 is 2.23 bits per heavy atom. The first-order chi connectivity index (χ1) is 5.72. The average Bonchev–Trinajstić information content (AvgIpc) is 2.09. The predicted octanol–water partition coefficient (Wildman–Crippen LogP) is 1.96. The Balaban J connectivity index is 0.00000144. The Hall–Kier alpha value is -0.388. The van der Waals surface area contributed by atoms with Crippen LogP contribution in [0, 0.1) is 50.5 Å². The molecule has 1 aromatic carbocycles. The Morgan fingerprint density at radius 3 is 2.69 bits per heavy atom. The molecule has 0 bridgehead atoms. The van der Waals surface area contributed by atoms with E-state index in [1.54, 1.807) is 6.92 Å². The number of anilines is 1. The molecule has 0 atom stereocenters. The van der Waals surface area contributed by atoms with Gasteiger partial charge in [0.05, 0.1) is 5.91 Å². The van der Waals surface area contributed by atoms with Gasteiger partial charge in [0.15, 0.2) is 0 Å². The predicted molar refractivity (Wildman–Crippen MR) is 48.6 cm³/mol. The Labute approximate surface area is 102 Å². The summed E-state index contributed by atoms with van der Waals surface area (Å²) in [5.74, 6) is -0.102. The average molecular weight is 399 g/mol. The number of rotatable bonds is 2. The van der Waals surface area contributed by atoms with Crippen molar-refractivity contribution in [2.75, 3.05) is 5.32 Å². The van der Waals surface area contributed by atoms with Crippen LogP contribution in [0.2, 0.25) is 0 Å². The summed E-state index contributed by atoms with van der Waals surface area (Å²) >= 11 is 0. The molecular formula is C10H11NOU. The van der Waals surface area contributed by atoms with E-state index in [0.29, 0.717) is 5.69 Å². The SMILES string of the molecule is C[CH-]C(=O)Nc1[c-]cc(C)cc1.[U+2]. The minimum Gasteiger partial charge on any atom is -0.374 e. The summed E-state index contributed by atoms with van der Waals surface area (Å²) in [6.45, 7) is 3.68. The van der Waals surface area contributed by atoms with Crippen LogP contribution < -0.4 is 5.32 Å². The molecule has 1 amide bonds. The van der Waals surface area contributed by atoms with Crippen molar-refractivity contribution >= 4 is 11.6 Å². The maximum Gasteiger partial charge on any atom is 2.00 e. The second-order valence-electron chi connectivity index (χ2n) is 2.56. The summed E-state index contributed by atoms with van der Waals surface area (Å²) in [7, 11) is 0. The van der Waals surface area contributed by atoms with Gasteiger partial charge in [0.1, 0.15) is 0 Å². The summed E-state index contributed by atoms with van der Waals surface area (Å²) in [6, 6.07) is 8.55. The third-order valence-corrected chi connectivity index (χ3v) is 1.49. The summed E-state index contributed by atoms with van der Waals surface area (Å²) in [6.07, 6.45) is 1.48. The Kier molecular flexibility index (Phi) is 5.94. The zero-order valence-corrected chi connectivity index (χ0v) is 11.9. The number of aryl methyl sites for hydroxylation is 1. The van der Waals surface area contributed by atoms with Gasteiger partial charge in [0, 0.05) is 0 Å². The van der Waals surface area contributed by atoms with Gasteiger partial charge in [-0.25, -0.2) is 0 Å². The molecule has 13 heavy (non-hydrogen) atoms. The molecule has 0 saturated carbocycles. The molecule has 66 valence electrons. The van der Waals surface area contributed by atoms with Crippen molar-refractivity contribution in [3.63, 3.8) is 0 Å². The standard InChI is InChI=1S/C10H11NO.U/c1-3-10(12)11-9-6-4-8(2)5-7-9;/h3-6H,1-2H3,(H,11,12);/q-2;+2. The summed E-state index contributed by atoms with van der Waals surface area (Å²) in [5.41, 5.74) is 1.84. The molecule has 2 nitrogen and oxygen atoms in total. The van der Waals surface area contributed by atoms with Gasteiger partial charge in [0.2, 0.25) is 0 Å². The van der Waals surface area contributed by atoms with E-state index in [1.807, 2.05) is 25.1 Å². The molecule has 0 unspecified atom stereocenters. The molecule has 1 rings (SSSR count). The molecule has 0 aliphatic carbocycles.